The number of hydrogen-bond donors (Lipinski definition) is 0. The lowest BCUT2D eigenvalue weighted by Crippen LogP contribution is -2.56. The molecule has 0 aromatic heterocycles. The van der Waals surface area contributed by atoms with Crippen molar-refractivity contribution in [3.63, 3.8) is 0 Å². The van der Waals surface area contributed by atoms with Gasteiger partial charge in [-0.3, -0.25) is 4.79 Å². The quantitative estimate of drug-likeness (QED) is 0.543. The Bertz CT molecular complexity index is 673. The maximum Gasteiger partial charge on any atom is 0.234 e. The van der Waals surface area contributed by atoms with E-state index in [9.17, 15) is 6.17 Å². The smallest absolute Gasteiger partial charge is 0.234 e. The predicted octanol–water partition coefficient (Wildman–Crippen LogP) is 6.20. The number of allylic oxidation sites excluding steroid dienone is 1. The first-order valence-electron chi connectivity index (χ1n) is 10.9. The molecule has 0 N–H and O–H groups in total. The van der Waals surface area contributed by atoms with Gasteiger partial charge in [-0.25, -0.2) is 0 Å². The molecule has 0 bridgehead atoms. The number of benzene rings is 1. The van der Waals surface area contributed by atoms with Gasteiger partial charge in [-0.2, -0.15) is 0 Å². The molecule has 2 atom stereocenters. The molecule has 0 aliphatic heterocycles. The number of carbonyl (C=O) groups excluding carboxylic acids is 1. The molecule has 2 nitrogen and oxygen atoms in total. The summed E-state index contributed by atoms with van der Waals surface area (Å²) in [5, 5.41) is 0. The van der Waals surface area contributed by atoms with Crippen molar-refractivity contribution in [3.05, 3.63) is 41.5 Å². The van der Waals surface area contributed by atoms with Gasteiger partial charge in [0.15, 0.2) is 0 Å². The highest BCUT2D eigenvalue weighted by Gasteiger charge is 2.49. The summed E-state index contributed by atoms with van der Waals surface area (Å²) < 4.78 is 9.53. The molecular formula is C24H37NO. The Balaban J connectivity index is 2.75. The van der Waals surface area contributed by atoms with Crippen molar-refractivity contribution in [2.24, 2.45) is 5.89 Å². The van der Waals surface area contributed by atoms with Crippen molar-refractivity contribution in [2.45, 2.75) is 91.1 Å². The van der Waals surface area contributed by atoms with Crippen LogP contribution in [0, 0.1) is 5.89 Å². The van der Waals surface area contributed by atoms with Crippen LogP contribution in [0.2, 0.25) is 0 Å². The van der Waals surface area contributed by atoms with Crippen LogP contribution in [0.5, 0.6) is 0 Å². The van der Waals surface area contributed by atoms with Gasteiger partial charge in [0.1, 0.15) is 0 Å². The molecular weight excluding hydrogens is 318 g/mol. The molecule has 0 radical (unpaired) electrons. The second-order valence-electron chi connectivity index (χ2n) is 8.10. The number of fused-ring (bicyclic) bond motifs is 1. The lowest BCUT2D eigenvalue weighted by Gasteiger charge is -2.47. The molecule has 2 rings (SSSR count). The summed E-state index contributed by atoms with van der Waals surface area (Å²) in [6.07, 6.45) is 8.36. The van der Waals surface area contributed by atoms with Gasteiger partial charge in [-0.15, -0.1) is 0 Å². The first-order valence-corrected chi connectivity index (χ1v) is 10.4. The van der Waals surface area contributed by atoms with E-state index in [2.05, 4.69) is 59.8 Å². The van der Waals surface area contributed by atoms with E-state index < -0.39 is 11.3 Å². The zero-order chi connectivity index (χ0) is 20.2. The number of rotatable bonds is 8. The molecule has 0 spiro atoms. The Morgan fingerprint density at radius 2 is 1.81 bits per heavy atom. The third-order valence-corrected chi connectivity index (χ3v) is 5.57. The van der Waals surface area contributed by atoms with E-state index in [0.717, 1.165) is 30.4 Å². The van der Waals surface area contributed by atoms with Gasteiger partial charge in [0.2, 0.25) is 5.91 Å². The lowest BCUT2D eigenvalue weighted by atomic mass is 9.61. The minimum atomic E-state index is -0.910. The van der Waals surface area contributed by atoms with Crippen LogP contribution in [-0.2, 0) is 10.2 Å². The third kappa shape index (κ3) is 3.75. The van der Waals surface area contributed by atoms with Crippen LogP contribution in [-0.4, -0.2) is 22.9 Å². The monoisotopic (exact) mass is 356 g/mol. The highest BCUT2D eigenvalue weighted by atomic mass is 16.2. The van der Waals surface area contributed by atoms with E-state index in [1.54, 1.807) is 0 Å². The molecule has 1 amide bonds. The molecule has 0 unspecified atom stereocenters. The Labute approximate surface area is 162 Å². The van der Waals surface area contributed by atoms with E-state index in [1.807, 2.05) is 23.1 Å². The predicted molar refractivity (Wildman–Crippen MR) is 112 cm³/mol. The molecule has 2 heteroatoms. The molecule has 0 saturated heterocycles. The number of amides is 1. The second-order valence-corrected chi connectivity index (χ2v) is 8.10. The number of hydrogen-bond acceptors (Lipinski definition) is 1. The fraction of sp³-hybridized carbons (Fsp3) is 0.625. The van der Waals surface area contributed by atoms with E-state index in [1.165, 1.54) is 0 Å². The molecule has 144 valence electrons. The lowest BCUT2D eigenvalue weighted by molar-refractivity contribution is -0.143. The average Bonchev–Trinajstić information content (AvgIpc) is 2.62. The highest BCUT2D eigenvalue weighted by molar-refractivity contribution is 5.92. The maximum atomic E-state index is 14.2. The van der Waals surface area contributed by atoms with Crippen LogP contribution in [0.3, 0.4) is 0 Å². The molecule has 1 aliphatic carbocycles. The van der Waals surface area contributed by atoms with Gasteiger partial charge in [-0.1, -0.05) is 69.5 Å². The minimum absolute atomic E-state index is 0.111. The van der Waals surface area contributed by atoms with Gasteiger partial charge in [0.25, 0.3) is 0 Å². The van der Waals surface area contributed by atoms with Crippen LogP contribution < -0.4 is 0 Å². The largest absolute Gasteiger partial charge is 0.337 e. The third-order valence-electron chi connectivity index (χ3n) is 5.57. The van der Waals surface area contributed by atoms with Gasteiger partial charge >= 0.3 is 0 Å². The summed E-state index contributed by atoms with van der Waals surface area (Å²) in [6, 6.07) is 8.43. The highest BCUT2D eigenvalue weighted by Crippen LogP contribution is 2.47. The Hall–Kier alpha value is -1.57. The molecule has 1 aliphatic rings. The first-order chi connectivity index (χ1) is 12.7. The van der Waals surface area contributed by atoms with Crippen LogP contribution in [0.1, 0.15) is 86.1 Å². The van der Waals surface area contributed by atoms with Crippen LogP contribution >= 0.6 is 0 Å². The zero-order valence-electron chi connectivity index (χ0n) is 18.5. The second kappa shape index (κ2) is 8.88. The number of carbonyl (C=O) groups is 1. The van der Waals surface area contributed by atoms with Crippen molar-refractivity contribution in [3.8, 4) is 0 Å². The topological polar surface area (TPSA) is 20.3 Å². The molecule has 0 saturated carbocycles. The Kier molecular flexibility index (Phi) is 6.56. The van der Waals surface area contributed by atoms with E-state index in [0.29, 0.717) is 12.8 Å². The minimum Gasteiger partial charge on any atom is -0.337 e. The number of nitrogens with zero attached hydrogens (tertiary/aromatic N) is 1. The van der Waals surface area contributed by atoms with Crippen molar-refractivity contribution < 1.29 is 6.17 Å². The standard InChI is InChI=1S/C24H37NO/c1-7-9-13-21-16-15-20-12-10-11-14-22(20)24(21,17-8-2)23(26)25(18(3)4)19(5)6/h10-12,14-16,18-19,21H,7-9,13,17H2,1-6H3/t21-,24-/m1/s1/i21D. The summed E-state index contributed by atoms with van der Waals surface area (Å²) in [4.78, 5) is 16.2. The first kappa shape index (κ1) is 19.2. The average molecular weight is 357 g/mol. The van der Waals surface area contributed by atoms with Gasteiger partial charge in [-0.05, 0) is 57.6 Å². The van der Waals surface area contributed by atoms with Crippen molar-refractivity contribution >= 4 is 12.0 Å². The Morgan fingerprint density at radius 3 is 2.38 bits per heavy atom. The van der Waals surface area contributed by atoms with Crippen LogP contribution in [0.25, 0.3) is 6.08 Å². The normalized spacial score (nSPS) is 25.3. The molecule has 1 aromatic carbocycles. The molecule has 1 aromatic rings. The van der Waals surface area contributed by atoms with E-state index in [4.69, 9.17) is 0 Å². The van der Waals surface area contributed by atoms with Gasteiger partial charge < -0.3 is 4.90 Å². The van der Waals surface area contributed by atoms with Gasteiger partial charge in [0.05, 0.1) is 5.41 Å². The fourth-order valence-corrected chi connectivity index (χ4v) is 4.52. The van der Waals surface area contributed by atoms with Crippen LogP contribution in [0.4, 0.5) is 0 Å². The summed E-state index contributed by atoms with van der Waals surface area (Å²) in [5.74, 6) is -0.788. The summed E-state index contributed by atoms with van der Waals surface area (Å²) in [5.41, 5.74) is 1.31. The SMILES string of the molecule is [2H][C@@]1(CCCC)C=Cc2ccccc2[C@]1(CCC)C(=O)N(C(C)C)C(C)C. The van der Waals surface area contributed by atoms with Crippen molar-refractivity contribution in [1.82, 2.24) is 4.90 Å². The van der Waals surface area contributed by atoms with Crippen LogP contribution in [0.15, 0.2) is 30.3 Å². The fourth-order valence-electron chi connectivity index (χ4n) is 4.52. The summed E-state index contributed by atoms with van der Waals surface area (Å²) >= 11 is 0. The zero-order valence-corrected chi connectivity index (χ0v) is 17.5. The summed E-state index contributed by atoms with van der Waals surface area (Å²) in [7, 11) is 0. The van der Waals surface area contributed by atoms with E-state index >= 15 is 0 Å². The molecule has 0 fully saturated rings. The number of unbranched alkanes of at least 4 members (excludes halogenated alkanes) is 1. The Morgan fingerprint density at radius 1 is 1.15 bits per heavy atom. The summed E-state index contributed by atoms with van der Waals surface area (Å²) in [6.45, 7) is 12.6. The molecule has 0 heterocycles. The van der Waals surface area contributed by atoms with Crippen molar-refractivity contribution in [1.29, 1.82) is 0 Å². The van der Waals surface area contributed by atoms with E-state index in [-0.39, 0.29) is 18.0 Å². The van der Waals surface area contributed by atoms with Gasteiger partial charge in [0, 0.05) is 13.5 Å². The molecule has 26 heavy (non-hydrogen) atoms. The van der Waals surface area contributed by atoms with Crippen molar-refractivity contribution in [2.75, 3.05) is 0 Å². The maximum absolute atomic E-state index is 14.2.